The van der Waals surface area contributed by atoms with Crippen LogP contribution < -0.4 is 10.6 Å². The van der Waals surface area contributed by atoms with Gasteiger partial charge in [0.25, 0.3) is 0 Å². The van der Waals surface area contributed by atoms with Gasteiger partial charge in [-0.25, -0.2) is 0 Å². The van der Waals surface area contributed by atoms with Crippen molar-refractivity contribution in [2.24, 2.45) is 4.99 Å². The zero-order valence-electron chi connectivity index (χ0n) is 14.0. The van der Waals surface area contributed by atoms with Gasteiger partial charge in [-0.1, -0.05) is 0 Å². The molecule has 0 bridgehead atoms. The average Bonchev–Trinajstić information content (AvgIpc) is 3.18. The standard InChI is InChI=1S/C16H31N3O3/c1-16(7-4-11-22-16)13-19-15(17-2)18-8-5-9-20-12-14-6-3-10-21-14/h14H,3-13H2,1-2H3,(H2,17,18,19). The third-order valence-electron chi connectivity index (χ3n) is 4.24. The molecule has 2 heterocycles. The van der Waals surface area contributed by atoms with Crippen LogP contribution in [0.15, 0.2) is 4.99 Å². The first kappa shape index (κ1) is 17.5. The summed E-state index contributed by atoms with van der Waals surface area (Å²) >= 11 is 0. The maximum Gasteiger partial charge on any atom is 0.191 e. The van der Waals surface area contributed by atoms with E-state index in [-0.39, 0.29) is 5.60 Å². The van der Waals surface area contributed by atoms with E-state index in [4.69, 9.17) is 14.2 Å². The Kier molecular flexibility index (Phi) is 7.42. The van der Waals surface area contributed by atoms with Gasteiger partial charge in [0.05, 0.1) is 18.3 Å². The van der Waals surface area contributed by atoms with E-state index in [2.05, 4.69) is 22.5 Å². The molecule has 2 N–H and O–H groups in total. The lowest BCUT2D eigenvalue weighted by atomic mass is 10.0. The van der Waals surface area contributed by atoms with Gasteiger partial charge >= 0.3 is 0 Å². The molecule has 2 rings (SSSR count). The highest BCUT2D eigenvalue weighted by Crippen LogP contribution is 2.23. The van der Waals surface area contributed by atoms with Gasteiger partial charge in [0, 0.05) is 40.0 Å². The Morgan fingerprint density at radius 3 is 2.91 bits per heavy atom. The summed E-state index contributed by atoms with van der Waals surface area (Å²) in [5.41, 5.74) is -0.0536. The Bertz CT molecular complexity index is 338. The molecule has 0 saturated carbocycles. The van der Waals surface area contributed by atoms with E-state index in [9.17, 15) is 0 Å². The Morgan fingerprint density at radius 1 is 1.32 bits per heavy atom. The third-order valence-corrected chi connectivity index (χ3v) is 4.24. The van der Waals surface area contributed by atoms with Crippen LogP contribution in [-0.4, -0.2) is 64.2 Å². The molecular formula is C16H31N3O3. The first-order valence-electron chi connectivity index (χ1n) is 8.50. The molecule has 0 aromatic heterocycles. The molecule has 0 radical (unpaired) electrons. The van der Waals surface area contributed by atoms with Crippen LogP contribution in [0.2, 0.25) is 0 Å². The number of hydrogen-bond donors (Lipinski definition) is 2. The molecule has 0 aromatic rings. The van der Waals surface area contributed by atoms with Gasteiger partial charge in [-0.05, 0) is 39.0 Å². The van der Waals surface area contributed by atoms with E-state index >= 15 is 0 Å². The summed E-state index contributed by atoms with van der Waals surface area (Å²) in [6, 6.07) is 0. The highest BCUT2D eigenvalue weighted by molar-refractivity contribution is 5.79. The van der Waals surface area contributed by atoms with Gasteiger partial charge in [-0.2, -0.15) is 0 Å². The molecule has 0 amide bonds. The monoisotopic (exact) mass is 313 g/mol. The van der Waals surface area contributed by atoms with Crippen LogP contribution in [0.5, 0.6) is 0 Å². The van der Waals surface area contributed by atoms with Crippen LogP contribution in [-0.2, 0) is 14.2 Å². The molecule has 0 aliphatic carbocycles. The molecule has 128 valence electrons. The van der Waals surface area contributed by atoms with Crippen LogP contribution in [0, 0.1) is 0 Å². The van der Waals surface area contributed by atoms with Crippen LogP contribution in [0.1, 0.15) is 39.0 Å². The number of nitrogens with zero attached hydrogens (tertiary/aromatic N) is 1. The molecule has 2 aliphatic rings. The maximum absolute atomic E-state index is 5.76. The van der Waals surface area contributed by atoms with Gasteiger partial charge in [-0.15, -0.1) is 0 Å². The van der Waals surface area contributed by atoms with Gasteiger partial charge in [0.1, 0.15) is 0 Å². The Hall–Kier alpha value is -0.850. The highest BCUT2D eigenvalue weighted by atomic mass is 16.5. The van der Waals surface area contributed by atoms with E-state index in [0.29, 0.717) is 6.10 Å². The molecular weight excluding hydrogens is 282 g/mol. The SMILES string of the molecule is CN=C(NCCCOCC1CCCO1)NCC1(C)CCCO1. The van der Waals surface area contributed by atoms with Gasteiger partial charge in [0.2, 0.25) is 0 Å². The number of hydrogen-bond acceptors (Lipinski definition) is 4. The summed E-state index contributed by atoms with van der Waals surface area (Å²) in [7, 11) is 1.79. The summed E-state index contributed by atoms with van der Waals surface area (Å²) in [5, 5.41) is 6.65. The first-order valence-corrected chi connectivity index (χ1v) is 8.50. The van der Waals surface area contributed by atoms with Crippen LogP contribution in [0.3, 0.4) is 0 Å². The quantitative estimate of drug-likeness (QED) is 0.402. The molecule has 22 heavy (non-hydrogen) atoms. The van der Waals surface area contributed by atoms with Crippen LogP contribution in [0.25, 0.3) is 0 Å². The predicted molar refractivity (Wildman–Crippen MR) is 87.4 cm³/mol. The van der Waals surface area contributed by atoms with Crippen molar-refractivity contribution in [2.45, 2.75) is 50.7 Å². The second-order valence-electron chi connectivity index (χ2n) is 6.32. The van der Waals surface area contributed by atoms with Gasteiger partial charge in [-0.3, -0.25) is 4.99 Å². The Morgan fingerprint density at radius 2 is 2.23 bits per heavy atom. The minimum atomic E-state index is -0.0536. The van der Waals surface area contributed by atoms with Gasteiger partial charge in [0.15, 0.2) is 5.96 Å². The van der Waals surface area contributed by atoms with Crippen molar-refractivity contribution in [3.8, 4) is 0 Å². The van der Waals surface area contributed by atoms with Crippen molar-refractivity contribution in [3.63, 3.8) is 0 Å². The molecule has 0 spiro atoms. The molecule has 2 atom stereocenters. The molecule has 6 nitrogen and oxygen atoms in total. The minimum absolute atomic E-state index is 0.0536. The second kappa shape index (κ2) is 9.33. The smallest absolute Gasteiger partial charge is 0.191 e. The lowest BCUT2D eigenvalue weighted by molar-refractivity contribution is 0.0168. The van der Waals surface area contributed by atoms with E-state index < -0.39 is 0 Å². The number of ether oxygens (including phenoxy) is 3. The van der Waals surface area contributed by atoms with E-state index in [1.807, 2.05) is 0 Å². The summed E-state index contributed by atoms with van der Waals surface area (Å²) in [4.78, 5) is 4.24. The fraction of sp³-hybridized carbons (Fsp3) is 0.938. The summed E-state index contributed by atoms with van der Waals surface area (Å²) in [6.07, 6.45) is 5.83. The third kappa shape index (κ3) is 6.10. The van der Waals surface area contributed by atoms with Crippen molar-refractivity contribution >= 4 is 5.96 Å². The molecule has 2 saturated heterocycles. The van der Waals surface area contributed by atoms with Crippen molar-refractivity contribution in [1.29, 1.82) is 0 Å². The summed E-state index contributed by atoms with van der Waals surface area (Å²) in [5.74, 6) is 0.829. The van der Waals surface area contributed by atoms with E-state index in [1.165, 1.54) is 6.42 Å². The number of guanidine groups is 1. The zero-order chi connectivity index (χ0) is 15.7. The van der Waals surface area contributed by atoms with Crippen molar-refractivity contribution in [3.05, 3.63) is 0 Å². The molecule has 0 aromatic carbocycles. The highest BCUT2D eigenvalue weighted by Gasteiger charge is 2.29. The van der Waals surface area contributed by atoms with Crippen molar-refractivity contribution < 1.29 is 14.2 Å². The number of nitrogens with one attached hydrogen (secondary N) is 2. The summed E-state index contributed by atoms with van der Waals surface area (Å²) in [6.45, 7) is 7.03. The first-order chi connectivity index (χ1) is 10.7. The fourth-order valence-corrected chi connectivity index (χ4v) is 2.84. The molecule has 2 aliphatic heterocycles. The van der Waals surface area contributed by atoms with E-state index in [0.717, 1.165) is 71.2 Å². The minimum Gasteiger partial charge on any atom is -0.379 e. The van der Waals surface area contributed by atoms with Crippen LogP contribution in [0.4, 0.5) is 0 Å². The summed E-state index contributed by atoms with van der Waals surface area (Å²) < 4.78 is 16.9. The second-order valence-corrected chi connectivity index (χ2v) is 6.32. The number of rotatable bonds is 8. The average molecular weight is 313 g/mol. The fourth-order valence-electron chi connectivity index (χ4n) is 2.84. The zero-order valence-corrected chi connectivity index (χ0v) is 14.0. The van der Waals surface area contributed by atoms with Crippen LogP contribution >= 0.6 is 0 Å². The maximum atomic E-state index is 5.76. The lowest BCUT2D eigenvalue weighted by Crippen LogP contribution is -2.45. The molecule has 6 heteroatoms. The van der Waals surface area contributed by atoms with Crippen molar-refractivity contribution in [2.75, 3.05) is 46.6 Å². The number of aliphatic imine (C=N–C) groups is 1. The topological polar surface area (TPSA) is 64.1 Å². The lowest BCUT2D eigenvalue weighted by Gasteiger charge is -2.24. The largest absolute Gasteiger partial charge is 0.379 e. The van der Waals surface area contributed by atoms with Crippen molar-refractivity contribution in [1.82, 2.24) is 10.6 Å². The molecule has 2 fully saturated rings. The Labute approximate surface area is 134 Å². The Balaban J connectivity index is 1.49. The predicted octanol–water partition coefficient (Wildman–Crippen LogP) is 1.31. The van der Waals surface area contributed by atoms with Gasteiger partial charge < -0.3 is 24.8 Å². The molecule has 2 unspecified atom stereocenters. The van der Waals surface area contributed by atoms with E-state index in [1.54, 1.807) is 7.05 Å². The normalized spacial score (nSPS) is 29.0.